The van der Waals surface area contributed by atoms with Crippen molar-refractivity contribution in [1.29, 1.82) is 0 Å². The minimum atomic E-state index is -1.80. The molecule has 6 rings (SSSR count). The summed E-state index contributed by atoms with van der Waals surface area (Å²) < 4.78 is 11.9. The fraction of sp³-hybridized carbons (Fsp3) is 0.636. The van der Waals surface area contributed by atoms with E-state index in [1.54, 1.807) is 37.3 Å². The number of fused-ring (bicyclic) bond motifs is 1. The molecule has 5 aliphatic rings. The SMILES string of the molecule is C[C@@H]1CC[C@@]2(O)C13CC(=O)C1(C)C2(C)CO[C@]1(OC(=O)c1ccccc1)[C@@H]3O. The molecule has 4 aliphatic carbocycles. The van der Waals surface area contributed by atoms with E-state index in [9.17, 15) is 19.8 Å². The van der Waals surface area contributed by atoms with Crippen molar-refractivity contribution in [2.45, 2.75) is 57.5 Å². The van der Waals surface area contributed by atoms with Crippen LogP contribution >= 0.6 is 0 Å². The lowest BCUT2D eigenvalue weighted by atomic mass is 9.35. The van der Waals surface area contributed by atoms with Crippen molar-refractivity contribution < 1.29 is 29.3 Å². The second-order valence-electron chi connectivity index (χ2n) is 9.51. The molecule has 2 N–H and O–H groups in total. The third-order valence-corrected chi connectivity index (χ3v) is 8.99. The third-order valence-electron chi connectivity index (χ3n) is 8.99. The molecule has 6 nitrogen and oxygen atoms in total. The molecule has 0 amide bonds. The highest BCUT2D eigenvalue weighted by atomic mass is 16.7. The largest absolute Gasteiger partial charge is 0.425 e. The molecule has 1 aliphatic heterocycles. The molecule has 7 atom stereocenters. The number of ketones is 1. The Morgan fingerprint density at radius 1 is 1.25 bits per heavy atom. The van der Waals surface area contributed by atoms with Crippen molar-refractivity contribution >= 4 is 11.8 Å². The number of carbonyl (C=O) groups excluding carboxylic acids is 2. The van der Waals surface area contributed by atoms with Gasteiger partial charge in [-0.3, -0.25) is 4.79 Å². The van der Waals surface area contributed by atoms with Gasteiger partial charge in [-0.05, 0) is 37.8 Å². The number of rotatable bonds is 2. The van der Waals surface area contributed by atoms with Gasteiger partial charge in [0.15, 0.2) is 0 Å². The Hall–Kier alpha value is -1.76. The smallest absolute Gasteiger partial charge is 0.340 e. The van der Waals surface area contributed by atoms with E-state index in [1.807, 2.05) is 13.8 Å². The van der Waals surface area contributed by atoms with Gasteiger partial charge >= 0.3 is 5.97 Å². The van der Waals surface area contributed by atoms with Gasteiger partial charge in [0.05, 0.1) is 17.8 Å². The van der Waals surface area contributed by atoms with Gasteiger partial charge in [-0.25, -0.2) is 4.79 Å². The number of carbonyl (C=O) groups is 2. The van der Waals surface area contributed by atoms with E-state index in [2.05, 4.69) is 0 Å². The quantitative estimate of drug-likeness (QED) is 0.756. The Kier molecular flexibility index (Phi) is 3.29. The number of aliphatic hydroxyl groups is 2. The molecule has 1 aromatic carbocycles. The predicted molar refractivity (Wildman–Crippen MR) is 98.2 cm³/mol. The lowest BCUT2D eigenvalue weighted by Gasteiger charge is -2.70. The number of aliphatic hydroxyl groups excluding tert-OH is 1. The van der Waals surface area contributed by atoms with Crippen LogP contribution in [-0.2, 0) is 14.3 Å². The highest BCUT2D eigenvalue weighted by molar-refractivity contribution is 5.94. The maximum atomic E-state index is 13.4. The zero-order valence-electron chi connectivity index (χ0n) is 16.4. The van der Waals surface area contributed by atoms with Gasteiger partial charge in [0.2, 0.25) is 0 Å². The zero-order valence-corrected chi connectivity index (χ0v) is 16.4. The van der Waals surface area contributed by atoms with E-state index >= 15 is 0 Å². The summed E-state index contributed by atoms with van der Waals surface area (Å²) in [4.78, 5) is 26.4. The molecule has 0 aromatic heterocycles. The van der Waals surface area contributed by atoms with Gasteiger partial charge in [0.1, 0.15) is 17.3 Å². The van der Waals surface area contributed by atoms with Crippen LogP contribution in [0.5, 0.6) is 0 Å². The van der Waals surface area contributed by atoms with Crippen LogP contribution in [0.2, 0.25) is 0 Å². The van der Waals surface area contributed by atoms with Crippen molar-refractivity contribution in [3.63, 3.8) is 0 Å². The van der Waals surface area contributed by atoms with Crippen molar-refractivity contribution in [3.05, 3.63) is 35.9 Å². The van der Waals surface area contributed by atoms with Crippen molar-refractivity contribution in [3.8, 4) is 0 Å². The fourth-order valence-electron chi connectivity index (χ4n) is 7.08. The molecule has 3 unspecified atom stereocenters. The number of hydrogen-bond acceptors (Lipinski definition) is 6. The Labute approximate surface area is 163 Å². The first-order valence-corrected chi connectivity index (χ1v) is 9.97. The average molecular weight is 386 g/mol. The van der Waals surface area contributed by atoms with E-state index in [4.69, 9.17) is 9.47 Å². The summed E-state index contributed by atoms with van der Waals surface area (Å²) in [6, 6.07) is 8.48. The van der Waals surface area contributed by atoms with Crippen LogP contribution in [-0.4, -0.2) is 46.1 Å². The lowest BCUT2D eigenvalue weighted by Crippen LogP contribution is -2.84. The third kappa shape index (κ3) is 1.51. The predicted octanol–water partition coefficient (Wildman–Crippen LogP) is 2.08. The van der Waals surface area contributed by atoms with Gasteiger partial charge in [0, 0.05) is 17.3 Å². The molecule has 1 saturated heterocycles. The van der Waals surface area contributed by atoms with E-state index in [0.717, 1.165) is 0 Å². The topological polar surface area (TPSA) is 93.1 Å². The number of hydrogen-bond donors (Lipinski definition) is 2. The van der Waals surface area contributed by atoms with E-state index < -0.39 is 39.7 Å². The summed E-state index contributed by atoms with van der Waals surface area (Å²) >= 11 is 0. The second kappa shape index (κ2) is 5.04. The summed E-state index contributed by atoms with van der Waals surface area (Å²) in [5, 5.41) is 23.5. The van der Waals surface area contributed by atoms with Crippen LogP contribution in [0.25, 0.3) is 0 Å². The normalized spacial score (nSPS) is 51.2. The summed E-state index contributed by atoms with van der Waals surface area (Å²) in [6.07, 6.45) is -0.00825. The van der Waals surface area contributed by atoms with Crippen LogP contribution in [0, 0.1) is 22.2 Å². The summed E-state index contributed by atoms with van der Waals surface area (Å²) in [6.45, 7) is 5.55. The maximum Gasteiger partial charge on any atom is 0.340 e. The van der Waals surface area contributed by atoms with Crippen LogP contribution in [0.1, 0.15) is 50.4 Å². The molecule has 28 heavy (non-hydrogen) atoms. The molecule has 4 bridgehead atoms. The molecular formula is C22H26O6. The molecule has 1 heterocycles. The number of benzene rings is 1. The van der Waals surface area contributed by atoms with Gasteiger partial charge in [-0.1, -0.05) is 32.0 Å². The van der Waals surface area contributed by atoms with Gasteiger partial charge in [0.25, 0.3) is 5.79 Å². The molecule has 4 saturated carbocycles. The summed E-state index contributed by atoms with van der Waals surface area (Å²) in [5.41, 5.74) is -4.28. The molecule has 5 fully saturated rings. The zero-order chi connectivity index (χ0) is 20.2. The maximum absolute atomic E-state index is 13.4. The van der Waals surface area contributed by atoms with Crippen molar-refractivity contribution in [2.75, 3.05) is 6.61 Å². The number of esters is 1. The highest BCUT2D eigenvalue weighted by Crippen LogP contribution is 2.80. The monoisotopic (exact) mass is 386 g/mol. The van der Waals surface area contributed by atoms with Crippen molar-refractivity contribution in [1.82, 2.24) is 0 Å². The lowest BCUT2D eigenvalue weighted by molar-refractivity contribution is -0.366. The fourth-order valence-corrected chi connectivity index (χ4v) is 7.08. The standard InChI is InChI=1S/C22H26O6/c1-13-9-10-21(26)18(2)12-27-22(28-16(24)14-7-5-4-6-8-14)17(25)20(13,21)11-15(23)19(18,22)3/h4-8,13,17,25-26H,9-12H2,1-3H3/t13-,17-,18?,19?,20?,21+,22+/m1/s1. The van der Waals surface area contributed by atoms with Gasteiger partial charge in [-0.2, -0.15) is 0 Å². The molecule has 1 spiro atoms. The summed E-state index contributed by atoms with van der Waals surface area (Å²) in [5.74, 6) is -2.65. The van der Waals surface area contributed by atoms with Crippen LogP contribution < -0.4 is 0 Å². The minimum Gasteiger partial charge on any atom is -0.425 e. The first-order valence-electron chi connectivity index (χ1n) is 9.97. The molecule has 6 heteroatoms. The molecular weight excluding hydrogens is 360 g/mol. The van der Waals surface area contributed by atoms with Crippen LogP contribution in [0.3, 0.4) is 0 Å². The number of Topliss-reactive ketones (excluding diaryl/α,β-unsaturated/α-hetero) is 1. The minimum absolute atomic E-state index is 0.0549. The highest BCUT2D eigenvalue weighted by Gasteiger charge is 2.92. The van der Waals surface area contributed by atoms with Crippen LogP contribution in [0.4, 0.5) is 0 Å². The Morgan fingerprint density at radius 3 is 2.61 bits per heavy atom. The van der Waals surface area contributed by atoms with E-state index in [0.29, 0.717) is 18.4 Å². The first-order chi connectivity index (χ1) is 13.1. The van der Waals surface area contributed by atoms with E-state index in [-0.39, 0.29) is 24.7 Å². The van der Waals surface area contributed by atoms with Crippen molar-refractivity contribution in [2.24, 2.45) is 22.2 Å². The first kappa shape index (κ1) is 18.3. The van der Waals surface area contributed by atoms with Gasteiger partial charge in [-0.15, -0.1) is 0 Å². The molecule has 1 aromatic rings. The Balaban J connectivity index is 1.70. The van der Waals surface area contributed by atoms with Crippen LogP contribution in [0.15, 0.2) is 30.3 Å². The molecule has 150 valence electrons. The average Bonchev–Trinajstić information content (AvgIpc) is 3.07. The molecule has 0 radical (unpaired) electrons. The van der Waals surface area contributed by atoms with E-state index in [1.165, 1.54) is 0 Å². The summed E-state index contributed by atoms with van der Waals surface area (Å²) in [7, 11) is 0. The Bertz CT molecular complexity index is 884. The second-order valence-corrected chi connectivity index (χ2v) is 9.51. The van der Waals surface area contributed by atoms with Gasteiger partial charge < -0.3 is 19.7 Å². The Morgan fingerprint density at radius 2 is 1.93 bits per heavy atom. The number of ether oxygens (including phenoxy) is 2.